The summed E-state index contributed by atoms with van der Waals surface area (Å²) in [4.78, 5) is 34.8. The van der Waals surface area contributed by atoms with Gasteiger partial charge in [0.05, 0.1) is 12.7 Å². The average Bonchev–Trinajstić information content (AvgIpc) is 2.93. The van der Waals surface area contributed by atoms with Crippen LogP contribution in [-0.4, -0.2) is 35.8 Å². The summed E-state index contributed by atoms with van der Waals surface area (Å²) in [5.41, 5.74) is 3.40. The van der Waals surface area contributed by atoms with Crippen molar-refractivity contribution in [3.8, 4) is 5.69 Å². The summed E-state index contributed by atoms with van der Waals surface area (Å²) in [5.74, 6) is -1.41. The van der Waals surface area contributed by atoms with Gasteiger partial charge in [0.2, 0.25) is 0 Å². The van der Waals surface area contributed by atoms with Gasteiger partial charge in [-0.25, -0.2) is 9.59 Å². The van der Waals surface area contributed by atoms with Crippen LogP contribution in [-0.2, 0) is 14.3 Å². The second kappa shape index (κ2) is 7.65. The Morgan fingerprint density at radius 1 is 1.00 bits per heavy atom. The molecule has 1 atom stereocenters. The fraction of sp³-hybridized carbons (Fsp3) is 0.278. The van der Waals surface area contributed by atoms with Gasteiger partial charge in [0, 0.05) is 17.1 Å². The zero-order chi connectivity index (χ0) is 18.6. The van der Waals surface area contributed by atoms with Gasteiger partial charge in [-0.3, -0.25) is 10.1 Å². The number of nitrogens with zero attached hydrogens (tertiary/aromatic N) is 1. The van der Waals surface area contributed by atoms with Crippen LogP contribution in [0.15, 0.2) is 36.4 Å². The number of methoxy groups -OCH3 is 1. The molecule has 2 rings (SSSR count). The molecule has 0 unspecified atom stereocenters. The summed E-state index contributed by atoms with van der Waals surface area (Å²) < 4.78 is 11.4. The second-order valence-corrected chi connectivity index (χ2v) is 5.53. The van der Waals surface area contributed by atoms with Crippen molar-refractivity contribution in [2.75, 3.05) is 7.11 Å². The molecule has 0 radical (unpaired) electrons. The van der Waals surface area contributed by atoms with Crippen molar-refractivity contribution < 1.29 is 23.9 Å². The highest BCUT2D eigenvalue weighted by molar-refractivity contribution is 5.97. The lowest BCUT2D eigenvalue weighted by Crippen LogP contribution is -2.39. The van der Waals surface area contributed by atoms with E-state index in [1.54, 1.807) is 24.3 Å². The fourth-order valence-corrected chi connectivity index (χ4v) is 2.36. The number of imide groups is 1. The summed E-state index contributed by atoms with van der Waals surface area (Å²) >= 11 is 0. The molecule has 0 bridgehead atoms. The summed E-state index contributed by atoms with van der Waals surface area (Å²) in [6, 6.07) is 10.9. The lowest BCUT2D eigenvalue weighted by atomic mass is 10.2. The zero-order valence-corrected chi connectivity index (χ0v) is 14.5. The topological polar surface area (TPSA) is 86.6 Å². The molecule has 2 amide bonds. The van der Waals surface area contributed by atoms with E-state index in [4.69, 9.17) is 4.74 Å². The summed E-state index contributed by atoms with van der Waals surface area (Å²) in [5, 5.41) is 1.95. The van der Waals surface area contributed by atoms with Gasteiger partial charge in [-0.1, -0.05) is 0 Å². The third-order valence-electron chi connectivity index (χ3n) is 3.70. The number of ether oxygens (including phenoxy) is 2. The third kappa shape index (κ3) is 4.26. The second-order valence-electron chi connectivity index (χ2n) is 5.53. The van der Waals surface area contributed by atoms with Crippen molar-refractivity contribution in [2.24, 2.45) is 0 Å². The Morgan fingerprint density at radius 2 is 1.56 bits per heavy atom. The number of aromatic nitrogens is 1. The number of amides is 2. The molecular weight excluding hydrogens is 324 g/mol. The average molecular weight is 344 g/mol. The van der Waals surface area contributed by atoms with Crippen molar-refractivity contribution >= 4 is 18.0 Å². The molecule has 0 saturated carbocycles. The molecule has 1 heterocycles. The van der Waals surface area contributed by atoms with Crippen LogP contribution in [0.3, 0.4) is 0 Å². The molecule has 0 fully saturated rings. The highest BCUT2D eigenvalue weighted by atomic mass is 16.6. The molecule has 1 aromatic heterocycles. The SMILES string of the molecule is COC(=O)NC(=O)[C@H](C)OC(=O)c1ccc(-n2c(C)ccc2C)cc1. The van der Waals surface area contributed by atoms with E-state index >= 15 is 0 Å². The van der Waals surface area contributed by atoms with Gasteiger partial charge >= 0.3 is 12.1 Å². The quantitative estimate of drug-likeness (QED) is 0.861. The van der Waals surface area contributed by atoms with Gasteiger partial charge in [-0.15, -0.1) is 0 Å². The predicted molar refractivity (Wildman–Crippen MR) is 90.7 cm³/mol. The molecule has 0 saturated heterocycles. The largest absolute Gasteiger partial charge is 0.453 e. The first kappa shape index (κ1) is 18.3. The van der Waals surface area contributed by atoms with Crippen LogP contribution < -0.4 is 5.32 Å². The highest BCUT2D eigenvalue weighted by Gasteiger charge is 2.21. The Bertz CT molecular complexity index is 773. The van der Waals surface area contributed by atoms with Crippen molar-refractivity contribution in [2.45, 2.75) is 26.9 Å². The molecule has 25 heavy (non-hydrogen) atoms. The minimum absolute atomic E-state index is 0.309. The number of aryl methyl sites for hydroxylation is 2. The van der Waals surface area contributed by atoms with Crippen molar-refractivity contribution in [1.29, 1.82) is 0 Å². The monoisotopic (exact) mass is 344 g/mol. The van der Waals surface area contributed by atoms with E-state index in [-0.39, 0.29) is 0 Å². The van der Waals surface area contributed by atoms with E-state index in [1.807, 2.05) is 31.3 Å². The zero-order valence-electron chi connectivity index (χ0n) is 14.5. The van der Waals surface area contributed by atoms with E-state index in [9.17, 15) is 14.4 Å². The summed E-state index contributed by atoms with van der Waals surface area (Å²) in [6.45, 7) is 5.37. The molecule has 2 aromatic rings. The first-order valence-corrected chi connectivity index (χ1v) is 7.68. The van der Waals surface area contributed by atoms with Gasteiger partial charge in [0.15, 0.2) is 6.10 Å². The lowest BCUT2D eigenvalue weighted by molar-refractivity contribution is -0.128. The molecule has 7 heteroatoms. The van der Waals surface area contributed by atoms with Gasteiger partial charge in [0.1, 0.15) is 0 Å². The first-order valence-electron chi connectivity index (χ1n) is 7.68. The van der Waals surface area contributed by atoms with E-state index in [1.165, 1.54) is 6.92 Å². The Morgan fingerprint density at radius 3 is 2.08 bits per heavy atom. The van der Waals surface area contributed by atoms with Gasteiger partial charge < -0.3 is 14.0 Å². The Labute approximate surface area is 145 Å². The van der Waals surface area contributed by atoms with Gasteiger partial charge in [-0.05, 0) is 57.2 Å². The fourth-order valence-electron chi connectivity index (χ4n) is 2.36. The van der Waals surface area contributed by atoms with Gasteiger partial charge in [0.25, 0.3) is 5.91 Å². The number of carbonyl (C=O) groups excluding carboxylic acids is 3. The number of benzene rings is 1. The van der Waals surface area contributed by atoms with E-state index in [0.29, 0.717) is 5.56 Å². The third-order valence-corrected chi connectivity index (χ3v) is 3.70. The number of esters is 1. The normalized spacial score (nSPS) is 11.5. The Hall–Kier alpha value is -3.09. The maximum Gasteiger partial charge on any atom is 0.413 e. The number of rotatable bonds is 4. The van der Waals surface area contributed by atoms with Crippen LogP contribution >= 0.6 is 0 Å². The maximum absolute atomic E-state index is 12.1. The molecule has 1 N–H and O–H groups in total. The number of hydrogen-bond donors (Lipinski definition) is 1. The number of hydrogen-bond acceptors (Lipinski definition) is 5. The van der Waals surface area contributed by atoms with Crippen molar-refractivity contribution in [3.05, 3.63) is 53.3 Å². The molecule has 0 aliphatic carbocycles. The first-order chi connectivity index (χ1) is 11.8. The van der Waals surface area contributed by atoms with Crippen LogP contribution in [0.25, 0.3) is 5.69 Å². The molecule has 132 valence electrons. The minimum Gasteiger partial charge on any atom is -0.453 e. The van der Waals surface area contributed by atoms with Crippen LogP contribution in [0.5, 0.6) is 0 Å². The molecule has 0 spiro atoms. The molecule has 1 aromatic carbocycles. The lowest BCUT2D eigenvalue weighted by Gasteiger charge is -2.13. The molecule has 7 nitrogen and oxygen atoms in total. The summed E-state index contributed by atoms with van der Waals surface area (Å²) in [6.07, 6.45) is -2.03. The van der Waals surface area contributed by atoms with E-state index < -0.39 is 24.1 Å². The van der Waals surface area contributed by atoms with E-state index in [0.717, 1.165) is 24.2 Å². The number of nitrogens with one attached hydrogen (secondary N) is 1. The standard InChI is InChI=1S/C18H20N2O5/c1-11-5-6-12(2)20(11)15-9-7-14(8-10-15)17(22)25-13(3)16(21)19-18(23)24-4/h5-10,13H,1-4H3,(H,19,21,23)/t13-/m0/s1. The maximum atomic E-state index is 12.1. The van der Waals surface area contributed by atoms with Crippen LogP contribution in [0, 0.1) is 13.8 Å². The van der Waals surface area contributed by atoms with Crippen molar-refractivity contribution in [3.63, 3.8) is 0 Å². The van der Waals surface area contributed by atoms with Crippen LogP contribution in [0.4, 0.5) is 4.79 Å². The van der Waals surface area contributed by atoms with Crippen molar-refractivity contribution in [1.82, 2.24) is 9.88 Å². The Balaban J connectivity index is 2.06. The number of alkyl carbamates (subject to hydrolysis) is 1. The molecule has 0 aliphatic heterocycles. The predicted octanol–water partition coefficient (Wildman–Crippen LogP) is 2.52. The minimum atomic E-state index is -1.12. The molecule has 0 aliphatic rings. The highest BCUT2D eigenvalue weighted by Crippen LogP contribution is 2.17. The molecular formula is C18H20N2O5. The summed E-state index contributed by atoms with van der Waals surface area (Å²) in [7, 11) is 1.13. The Kier molecular flexibility index (Phi) is 5.59. The smallest absolute Gasteiger partial charge is 0.413 e. The van der Waals surface area contributed by atoms with Crippen LogP contribution in [0.2, 0.25) is 0 Å². The number of carbonyl (C=O) groups is 3. The van der Waals surface area contributed by atoms with Gasteiger partial charge in [-0.2, -0.15) is 0 Å². The van der Waals surface area contributed by atoms with E-state index in [2.05, 4.69) is 9.30 Å². The van der Waals surface area contributed by atoms with Crippen LogP contribution in [0.1, 0.15) is 28.7 Å².